The van der Waals surface area contributed by atoms with Crippen molar-refractivity contribution < 1.29 is 0 Å². The maximum absolute atomic E-state index is 6.25. The lowest BCUT2D eigenvalue weighted by Gasteiger charge is -2.18. The summed E-state index contributed by atoms with van der Waals surface area (Å²) in [6.45, 7) is 2.75. The van der Waals surface area contributed by atoms with Crippen molar-refractivity contribution in [3.8, 4) is 0 Å². The molecule has 0 aliphatic carbocycles. The second-order valence-corrected chi connectivity index (χ2v) is 5.72. The Morgan fingerprint density at radius 2 is 2.35 bits per heavy atom. The Hall–Kier alpha value is -1.47. The first-order chi connectivity index (χ1) is 9.74. The summed E-state index contributed by atoms with van der Waals surface area (Å²) in [6, 6.07) is 3.85. The van der Waals surface area contributed by atoms with Gasteiger partial charge in [0.2, 0.25) is 0 Å². The van der Waals surface area contributed by atoms with Crippen molar-refractivity contribution >= 4 is 33.2 Å². The molecule has 5 nitrogen and oxygen atoms in total. The van der Waals surface area contributed by atoms with E-state index in [1.54, 1.807) is 17.5 Å². The van der Waals surface area contributed by atoms with Gasteiger partial charge in [0, 0.05) is 12.7 Å². The summed E-state index contributed by atoms with van der Waals surface area (Å²) in [7, 11) is 0. The number of hydrazine groups is 1. The van der Waals surface area contributed by atoms with Crippen molar-refractivity contribution in [1.29, 1.82) is 0 Å². The van der Waals surface area contributed by atoms with Gasteiger partial charge >= 0.3 is 0 Å². The Balaban J connectivity index is 2.10. The van der Waals surface area contributed by atoms with Gasteiger partial charge in [0.1, 0.15) is 0 Å². The normalized spacial score (nSPS) is 12.9. The van der Waals surface area contributed by atoms with Crippen LogP contribution in [0.2, 0.25) is 5.02 Å². The fourth-order valence-electron chi connectivity index (χ4n) is 2.26. The summed E-state index contributed by atoms with van der Waals surface area (Å²) in [5.41, 5.74) is 5.63. The maximum atomic E-state index is 6.25. The van der Waals surface area contributed by atoms with Gasteiger partial charge in [-0.2, -0.15) is 5.10 Å². The number of hydrogen-bond acceptors (Lipinski definition) is 5. The summed E-state index contributed by atoms with van der Waals surface area (Å²) in [4.78, 5) is 4.45. The van der Waals surface area contributed by atoms with Gasteiger partial charge in [0.05, 0.1) is 33.2 Å². The molecule has 20 heavy (non-hydrogen) atoms. The van der Waals surface area contributed by atoms with Gasteiger partial charge in [-0.05, 0) is 30.0 Å². The minimum absolute atomic E-state index is 0.232. The third-order valence-corrected chi connectivity index (χ3v) is 4.37. The third-order valence-electron chi connectivity index (χ3n) is 3.23. The van der Waals surface area contributed by atoms with Gasteiger partial charge in [-0.15, -0.1) is 11.3 Å². The Kier molecular flexibility index (Phi) is 3.71. The van der Waals surface area contributed by atoms with Gasteiger partial charge in [-0.25, -0.2) is 5.43 Å². The predicted octanol–water partition coefficient (Wildman–Crippen LogP) is 2.72. The molecule has 0 aromatic carbocycles. The molecule has 0 spiro atoms. The van der Waals surface area contributed by atoms with Gasteiger partial charge in [0.15, 0.2) is 0 Å². The summed E-state index contributed by atoms with van der Waals surface area (Å²) in [5, 5.41) is 6.87. The molecule has 0 saturated carbocycles. The SMILES string of the molecule is CCn1ncc(Cl)c1C(NN)c1cnc2ccsc2c1. The minimum Gasteiger partial charge on any atom is -0.271 e. The van der Waals surface area contributed by atoms with Crippen LogP contribution in [0.1, 0.15) is 24.2 Å². The summed E-state index contributed by atoms with van der Waals surface area (Å²) < 4.78 is 2.97. The summed E-state index contributed by atoms with van der Waals surface area (Å²) in [6.07, 6.45) is 3.46. The standard InChI is InChI=1S/C13H14ClN5S/c1-2-19-13(9(14)7-17-19)12(18-15)8-5-11-10(16-6-8)3-4-20-11/h3-7,12,18H,2,15H2,1H3. The Bertz CT molecular complexity index is 735. The van der Waals surface area contributed by atoms with Crippen molar-refractivity contribution in [1.82, 2.24) is 20.2 Å². The van der Waals surface area contributed by atoms with Crippen LogP contribution in [0.25, 0.3) is 10.2 Å². The number of fused-ring (bicyclic) bond motifs is 1. The molecular formula is C13H14ClN5S. The molecular weight excluding hydrogens is 294 g/mol. The molecule has 0 bridgehead atoms. The Labute approximate surface area is 125 Å². The zero-order valence-electron chi connectivity index (χ0n) is 10.9. The van der Waals surface area contributed by atoms with E-state index in [0.717, 1.165) is 28.0 Å². The van der Waals surface area contributed by atoms with Crippen molar-refractivity contribution in [2.45, 2.75) is 19.5 Å². The lowest BCUT2D eigenvalue weighted by atomic mass is 10.1. The highest BCUT2D eigenvalue weighted by molar-refractivity contribution is 7.17. The Morgan fingerprint density at radius 3 is 3.10 bits per heavy atom. The van der Waals surface area contributed by atoms with Crippen LogP contribution < -0.4 is 11.3 Å². The zero-order valence-corrected chi connectivity index (χ0v) is 12.4. The van der Waals surface area contributed by atoms with Crippen molar-refractivity contribution in [2.75, 3.05) is 0 Å². The molecule has 104 valence electrons. The smallest absolute Gasteiger partial charge is 0.0908 e. The van der Waals surface area contributed by atoms with Crippen LogP contribution in [0.4, 0.5) is 0 Å². The lowest BCUT2D eigenvalue weighted by Crippen LogP contribution is -2.31. The predicted molar refractivity (Wildman–Crippen MR) is 81.7 cm³/mol. The molecule has 0 radical (unpaired) electrons. The first-order valence-electron chi connectivity index (χ1n) is 6.25. The lowest BCUT2D eigenvalue weighted by molar-refractivity contribution is 0.543. The van der Waals surface area contributed by atoms with Crippen LogP contribution in [0.15, 0.2) is 29.9 Å². The molecule has 3 heterocycles. The molecule has 0 aliphatic heterocycles. The highest BCUT2D eigenvalue weighted by Gasteiger charge is 2.21. The van der Waals surface area contributed by atoms with E-state index in [1.165, 1.54) is 0 Å². The molecule has 0 amide bonds. The molecule has 3 N–H and O–H groups in total. The number of nitrogens with two attached hydrogens (primary N) is 1. The summed E-state index contributed by atoms with van der Waals surface area (Å²) >= 11 is 7.90. The molecule has 1 atom stereocenters. The number of thiophene rings is 1. The van der Waals surface area contributed by atoms with E-state index in [1.807, 2.05) is 29.2 Å². The number of nitrogens with one attached hydrogen (secondary N) is 1. The maximum Gasteiger partial charge on any atom is 0.0908 e. The molecule has 0 aliphatic rings. The fraction of sp³-hybridized carbons (Fsp3) is 0.231. The van der Waals surface area contributed by atoms with Crippen LogP contribution in [-0.4, -0.2) is 14.8 Å². The van der Waals surface area contributed by atoms with Crippen LogP contribution in [0, 0.1) is 0 Å². The van der Waals surface area contributed by atoms with E-state index in [2.05, 4.69) is 21.6 Å². The number of hydrogen-bond donors (Lipinski definition) is 2. The molecule has 3 aromatic heterocycles. The zero-order chi connectivity index (χ0) is 14.1. The van der Waals surface area contributed by atoms with E-state index in [0.29, 0.717) is 5.02 Å². The number of pyridine rings is 1. The first kappa shape index (κ1) is 13.5. The van der Waals surface area contributed by atoms with Crippen LogP contribution in [0.3, 0.4) is 0 Å². The van der Waals surface area contributed by atoms with Crippen LogP contribution in [0.5, 0.6) is 0 Å². The van der Waals surface area contributed by atoms with E-state index >= 15 is 0 Å². The van der Waals surface area contributed by atoms with Gasteiger partial charge in [0.25, 0.3) is 0 Å². The number of aromatic nitrogens is 3. The van der Waals surface area contributed by atoms with E-state index in [4.69, 9.17) is 17.4 Å². The highest BCUT2D eigenvalue weighted by Crippen LogP contribution is 2.30. The second-order valence-electron chi connectivity index (χ2n) is 4.37. The van der Waals surface area contributed by atoms with E-state index < -0.39 is 0 Å². The number of halogens is 1. The van der Waals surface area contributed by atoms with Crippen molar-refractivity contribution in [2.24, 2.45) is 5.84 Å². The quantitative estimate of drug-likeness (QED) is 0.574. The Morgan fingerprint density at radius 1 is 1.50 bits per heavy atom. The average molecular weight is 308 g/mol. The first-order valence-corrected chi connectivity index (χ1v) is 7.50. The monoisotopic (exact) mass is 307 g/mol. The number of nitrogens with zero attached hydrogens (tertiary/aromatic N) is 3. The largest absolute Gasteiger partial charge is 0.271 e. The minimum atomic E-state index is -0.232. The second kappa shape index (κ2) is 5.49. The third kappa shape index (κ3) is 2.20. The van der Waals surface area contributed by atoms with Gasteiger partial charge in [-0.1, -0.05) is 11.6 Å². The van der Waals surface area contributed by atoms with Crippen molar-refractivity contribution in [3.63, 3.8) is 0 Å². The number of rotatable bonds is 4. The summed E-state index contributed by atoms with van der Waals surface area (Å²) in [5.74, 6) is 5.73. The molecule has 3 rings (SSSR count). The van der Waals surface area contributed by atoms with Gasteiger partial charge in [-0.3, -0.25) is 15.5 Å². The van der Waals surface area contributed by atoms with E-state index in [9.17, 15) is 0 Å². The molecule has 1 unspecified atom stereocenters. The number of aryl methyl sites for hydroxylation is 1. The average Bonchev–Trinajstić information content (AvgIpc) is 3.07. The topological polar surface area (TPSA) is 68.8 Å². The van der Waals surface area contributed by atoms with E-state index in [-0.39, 0.29) is 6.04 Å². The van der Waals surface area contributed by atoms with Crippen LogP contribution >= 0.6 is 22.9 Å². The van der Waals surface area contributed by atoms with Gasteiger partial charge < -0.3 is 0 Å². The highest BCUT2D eigenvalue weighted by atomic mass is 35.5. The molecule has 0 saturated heterocycles. The van der Waals surface area contributed by atoms with Crippen molar-refractivity contribution in [3.05, 3.63) is 46.2 Å². The molecule has 3 aromatic rings. The van der Waals surface area contributed by atoms with Crippen LogP contribution in [-0.2, 0) is 6.54 Å². The molecule has 7 heteroatoms. The molecule has 0 fully saturated rings. The fourth-order valence-corrected chi connectivity index (χ4v) is 3.30.